The Morgan fingerprint density at radius 2 is 2.05 bits per heavy atom. The van der Waals surface area contributed by atoms with E-state index in [2.05, 4.69) is 46.3 Å². The molecule has 0 radical (unpaired) electrons. The average Bonchev–Trinajstić information content (AvgIpc) is 2.72. The average molecular weight is 261 g/mol. The summed E-state index contributed by atoms with van der Waals surface area (Å²) in [5, 5.41) is 10.2. The van der Waals surface area contributed by atoms with Crippen molar-refractivity contribution >= 4 is 0 Å². The molecule has 0 saturated heterocycles. The van der Waals surface area contributed by atoms with Gasteiger partial charge in [0.2, 0.25) is 11.8 Å². The summed E-state index contributed by atoms with van der Waals surface area (Å²) < 4.78 is 5.53. The fraction of sp³-hybridized carbons (Fsp3) is 0.462. The van der Waals surface area contributed by atoms with Crippen LogP contribution in [0.4, 0.5) is 0 Å². The Balaban J connectivity index is 2.02. The van der Waals surface area contributed by atoms with Gasteiger partial charge in [-0.15, -0.1) is 5.10 Å². The van der Waals surface area contributed by atoms with Gasteiger partial charge < -0.3 is 10.1 Å². The molecule has 6 heteroatoms. The van der Waals surface area contributed by atoms with E-state index in [1.165, 1.54) is 0 Å². The summed E-state index contributed by atoms with van der Waals surface area (Å²) in [5.41, 5.74) is 1.81. The third-order valence-corrected chi connectivity index (χ3v) is 2.35. The lowest BCUT2D eigenvalue weighted by Gasteiger charge is -2.20. The minimum atomic E-state index is 0.0395. The highest BCUT2D eigenvalue weighted by Gasteiger charge is 2.10. The van der Waals surface area contributed by atoms with Crippen LogP contribution in [0.25, 0.3) is 0 Å². The molecule has 0 saturated carbocycles. The van der Waals surface area contributed by atoms with Gasteiger partial charge in [0.15, 0.2) is 0 Å². The number of aromatic nitrogens is 4. The Morgan fingerprint density at radius 1 is 1.26 bits per heavy atom. The molecule has 102 valence electrons. The topological polar surface area (TPSA) is 75.7 Å². The first-order valence-electron chi connectivity index (χ1n) is 6.18. The second-order valence-corrected chi connectivity index (χ2v) is 5.44. The van der Waals surface area contributed by atoms with Crippen LogP contribution in [0.5, 0.6) is 11.8 Å². The van der Waals surface area contributed by atoms with Crippen LogP contribution in [0.1, 0.15) is 32.2 Å². The Kier molecular flexibility index (Phi) is 3.80. The van der Waals surface area contributed by atoms with Crippen LogP contribution in [0.2, 0.25) is 0 Å². The van der Waals surface area contributed by atoms with Gasteiger partial charge in [-0.1, -0.05) is 0 Å². The molecule has 0 amide bonds. The van der Waals surface area contributed by atoms with Crippen molar-refractivity contribution in [2.45, 2.75) is 39.8 Å². The smallest absolute Gasteiger partial charge is 0.240 e. The quantitative estimate of drug-likeness (QED) is 0.882. The highest BCUT2D eigenvalue weighted by atomic mass is 16.5. The highest BCUT2D eigenvalue weighted by Crippen LogP contribution is 2.16. The molecular weight excluding hydrogens is 242 g/mol. The Labute approximate surface area is 112 Å². The SMILES string of the molecule is Cc1cc(Oc2cncc(CNC(C)(C)C)n2)n[nH]1. The van der Waals surface area contributed by atoms with E-state index in [0.717, 1.165) is 11.4 Å². The van der Waals surface area contributed by atoms with Crippen molar-refractivity contribution in [2.24, 2.45) is 0 Å². The fourth-order valence-electron chi connectivity index (χ4n) is 1.43. The number of nitrogens with zero attached hydrogens (tertiary/aromatic N) is 3. The molecule has 0 aromatic carbocycles. The number of rotatable bonds is 4. The van der Waals surface area contributed by atoms with E-state index < -0.39 is 0 Å². The van der Waals surface area contributed by atoms with Gasteiger partial charge >= 0.3 is 0 Å². The Morgan fingerprint density at radius 3 is 2.68 bits per heavy atom. The zero-order valence-corrected chi connectivity index (χ0v) is 11.7. The van der Waals surface area contributed by atoms with Crippen LogP contribution < -0.4 is 10.1 Å². The maximum Gasteiger partial charge on any atom is 0.240 e. The van der Waals surface area contributed by atoms with E-state index in [4.69, 9.17) is 4.74 Å². The lowest BCUT2D eigenvalue weighted by atomic mass is 10.1. The van der Waals surface area contributed by atoms with Gasteiger partial charge in [0.25, 0.3) is 0 Å². The summed E-state index contributed by atoms with van der Waals surface area (Å²) in [6, 6.07) is 1.81. The molecule has 0 atom stereocenters. The molecule has 0 spiro atoms. The maximum atomic E-state index is 5.53. The minimum Gasteiger partial charge on any atom is -0.417 e. The minimum absolute atomic E-state index is 0.0395. The molecule has 0 unspecified atom stereocenters. The predicted octanol–water partition coefficient (Wildman–Crippen LogP) is 2.19. The van der Waals surface area contributed by atoms with Gasteiger partial charge in [-0.05, 0) is 27.7 Å². The summed E-state index contributed by atoms with van der Waals surface area (Å²) in [6.07, 6.45) is 3.30. The molecule has 2 heterocycles. The fourth-order valence-corrected chi connectivity index (χ4v) is 1.43. The molecule has 0 fully saturated rings. The van der Waals surface area contributed by atoms with Gasteiger partial charge in [0.1, 0.15) is 0 Å². The summed E-state index contributed by atoms with van der Waals surface area (Å²) in [5.74, 6) is 0.937. The second-order valence-electron chi connectivity index (χ2n) is 5.44. The molecule has 0 aliphatic carbocycles. The van der Waals surface area contributed by atoms with Gasteiger partial charge in [0.05, 0.1) is 11.9 Å². The summed E-state index contributed by atoms with van der Waals surface area (Å²) in [6.45, 7) is 8.87. The maximum absolute atomic E-state index is 5.53. The first-order chi connectivity index (χ1) is 8.92. The van der Waals surface area contributed by atoms with Crippen LogP contribution >= 0.6 is 0 Å². The predicted molar refractivity (Wildman–Crippen MR) is 72.0 cm³/mol. The number of nitrogens with one attached hydrogen (secondary N) is 2. The normalized spacial score (nSPS) is 11.6. The van der Waals surface area contributed by atoms with Crippen LogP contribution in [-0.2, 0) is 6.54 Å². The van der Waals surface area contributed by atoms with Crippen molar-refractivity contribution in [2.75, 3.05) is 0 Å². The molecule has 2 rings (SSSR count). The molecule has 0 bridgehead atoms. The van der Waals surface area contributed by atoms with Crippen molar-refractivity contribution in [3.63, 3.8) is 0 Å². The van der Waals surface area contributed by atoms with Crippen molar-refractivity contribution in [1.29, 1.82) is 0 Å². The molecule has 0 aliphatic rings. The van der Waals surface area contributed by atoms with Crippen LogP contribution in [0.15, 0.2) is 18.5 Å². The number of hydrogen-bond acceptors (Lipinski definition) is 5. The van der Waals surface area contributed by atoms with Crippen LogP contribution in [0, 0.1) is 6.92 Å². The Bertz CT molecular complexity index is 544. The third-order valence-electron chi connectivity index (χ3n) is 2.35. The third kappa shape index (κ3) is 4.33. The lowest BCUT2D eigenvalue weighted by Crippen LogP contribution is -2.35. The number of aryl methyl sites for hydroxylation is 1. The summed E-state index contributed by atoms with van der Waals surface area (Å²) in [4.78, 5) is 8.50. The van der Waals surface area contributed by atoms with E-state index in [1.54, 1.807) is 12.4 Å². The second kappa shape index (κ2) is 5.36. The van der Waals surface area contributed by atoms with Gasteiger partial charge in [-0.25, -0.2) is 4.98 Å². The number of hydrogen-bond donors (Lipinski definition) is 2. The number of aromatic amines is 1. The molecular formula is C13H19N5O. The molecule has 6 nitrogen and oxygen atoms in total. The van der Waals surface area contributed by atoms with Crippen molar-refractivity contribution in [3.05, 3.63) is 29.8 Å². The zero-order valence-electron chi connectivity index (χ0n) is 11.7. The first kappa shape index (κ1) is 13.5. The number of ether oxygens (including phenoxy) is 1. The van der Waals surface area contributed by atoms with Crippen molar-refractivity contribution in [1.82, 2.24) is 25.5 Å². The van der Waals surface area contributed by atoms with E-state index in [9.17, 15) is 0 Å². The standard InChI is InChI=1S/C13H19N5O/c1-9-5-11(18-17-9)19-12-8-14-6-10(16-12)7-15-13(2,3)4/h5-6,8,15H,7H2,1-4H3,(H,17,18). The van der Waals surface area contributed by atoms with E-state index in [-0.39, 0.29) is 5.54 Å². The van der Waals surface area contributed by atoms with Crippen LogP contribution in [0.3, 0.4) is 0 Å². The van der Waals surface area contributed by atoms with E-state index in [0.29, 0.717) is 18.3 Å². The Hall–Kier alpha value is -1.95. The first-order valence-corrected chi connectivity index (χ1v) is 6.18. The van der Waals surface area contributed by atoms with E-state index >= 15 is 0 Å². The molecule has 2 aromatic rings. The van der Waals surface area contributed by atoms with Crippen molar-refractivity contribution < 1.29 is 4.74 Å². The van der Waals surface area contributed by atoms with Gasteiger partial charge in [0, 0.05) is 30.0 Å². The highest BCUT2D eigenvalue weighted by molar-refractivity contribution is 5.19. The van der Waals surface area contributed by atoms with Crippen LogP contribution in [-0.4, -0.2) is 25.7 Å². The molecule has 19 heavy (non-hydrogen) atoms. The summed E-state index contributed by atoms with van der Waals surface area (Å²) >= 11 is 0. The van der Waals surface area contributed by atoms with Gasteiger partial charge in [-0.2, -0.15) is 0 Å². The molecule has 2 N–H and O–H groups in total. The molecule has 2 aromatic heterocycles. The van der Waals surface area contributed by atoms with E-state index in [1.807, 2.05) is 13.0 Å². The number of H-pyrrole nitrogens is 1. The van der Waals surface area contributed by atoms with Gasteiger partial charge in [-0.3, -0.25) is 10.1 Å². The summed E-state index contributed by atoms with van der Waals surface area (Å²) in [7, 11) is 0. The largest absolute Gasteiger partial charge is 0.417 e. The van der Waals surface area contributed by atoms with Crippen molar-refractivity contribution in [3.8, 4) is 11.8 Å². The lowest BCUT2D eigenvalue weighted by molar-refractivity contribution is 0.411. The zero-order chi connectivity index (χ0) is 13.9. The molecule has 0 aliphatic heterocycles. The monoisotopic (exact) mass is 261 g/mol.